The fraction of sp³-hybridized carbons (Fsp3) is 0.600. The summed E-state index contributed by atoms with van der Waals surface area (Å²) in [5, 5.41) is 0. The molecular weight excluding hydrogens is 240 g/mol. The second-order valence-electron chi connectivity index (χ2n) is 4.87. The summed E-state index contributed by atoms with van der Waals surface area (Å²) in [4.78, 5) is 11.2. The minimum Gasteiger partial charge on any atom is -0.458 e. The summed E-state index contributed by atoms with van der Waals surface area (Å²) in [6.07, 6.45) is 11.2. The maximum atomic E-state index is 11.2. The molecule has 1 aromatic heterocycles. The lowest BCUT2D eigenvalue weighted by Gasteiger charge is -2.01. The number of rotatable bonds is 9. The zero-order chi connectivity index (χ0) is 14.1. The number of unbranched alkanes of at least 4 members (excludes halogenated alkanes) is 3. The Morgan fingerprint density at radius 3 is 2.84 bits per heavy atom. The van der Waals surface area contributed by atoms with E-state index in [0.29, 0.717) is 18.7 Å². The van der Waals surface area contributed by atoms with Gasteiger partial charge in [0.2, 0.25) is 6.33 Å². The molecule has 0 aliphatic carbocycles. The van der Waals surface area contributed by atoms with Gasteiger partial charge >= 0.3 is 5.97 Å². The van der Waals surface area contributed by atoms with Crippen molar-refractivity contribution in [3.63, 3.8) is 0 Å². The summed E-state index contributed by atoms with van der Waals surface area (Å²) in [5.74, 6) is -0.320. The SMILES string of the molecule is C=C(C)C(=O)OCCn1cc[n+](CCCCCC)c1. The number of carbonyl (C=O) groups excluding carboxylic acids is 1. The van der Waals surface area contributed by atoms with Gasteiger partial charge in [-0.05, 0) is 19.8 Å². The van der Waals surface area contributed by atoms with E-state index in [4.69, 9.17) is 4.74 Å². The summed E-state index contributed by atoms with van der Waals surface area (Å²) in [6, 6.07) is 0. The van der Waals surface area contributed by atoms with Crippen LogP contribution in [-0.4, -0.2) is 17.1 Å². The zero-order valence-corrected chi connectivity index (χ0v) is 12.1. The van der Waals surface area contributed by atoms with Crippen molar-refractivity contribution in [3.05, 3.63) is 30.9 Å². The highest BCUT2D eigenvalue weighted by Gasteiger charge is 2.06. The summed E-state index contributed by atoms with van der Waals surface area (Å²) < 4.78 is 9.27. The highest BCUT2D eigenvalue weighted by atomic mass is 16.5. The van der Waals surface area contributed by atoms with E-state index in [1.807, 2.05) is 10.8 Å². The van der Waals surface area contributed by atoms with Crippen LogP contribution in [-0.2, 0) is 22.6 Å². The topological polar surface area (TPSA) is 35.1 Å². The van der Waals surface area contributed by atoms with E-state index in [1.54, 1.807) is 6.92 Å². The van der Waals surface area contributed by atoms with Crippen molar-refractivity contribution in [2.24, 2.45) is 0 Å². The maximum Gasteiger partial charge on any atom is 0.333 e. The molecule has 19 heavy (non-hydrogen) atoms. The molecule has 0 radical (unpaired) electrons. The van der Waals surface area contributed by atoms with Crippen LogP contribution >= 0.6 is 0 Å². The van der Waals surface area contributed by atoms with Crippen LogP contribution in [0, 0.1) is 0 Å². The third-order valence-corrected chi connectivity index (χ3v) is 2.95. The van der Waals surface area contributed by atoms with Crippen LogP contribution in [0.4, 0.5) is 0 Å². The van der Waals surface area contributed by atoms with Crippen LogP contribution in [0.25, 0.3) is 0 Å². The molecule has 0 atom stereocenters. The van der Waals surface area contributed by atoms with Gasteiger partial charge in [0.25, 0.3) is 0 Å². The van der Waals surface area contributed by atoms with Gasteiger partial charge in [-0.2, -0.15) is 0 Å². The van der Waals surface area contributed by atoms with Crippen molar-refractivity contribution in [1.29, 1.82) is 0 Å². The highest BCUT2D eigenvalue weighted by molar-refractivity contribution is 5.86. The predicted molar refractivity (Wildman–Crippen MR) is 74.5 cm³/mol. The van der Waals surface area contributed by atoms with Gasteiger partial charge < -0.3 is 4.74 Å². The fourth-order valence-corrected chi connectivity index (χ4v) is 1.79. The minimum atomic E-state index is -0.320. The van der Waals surface area contributed by atoms with Gasteiger partial charge in [0, 0.05) is 5.57 Å². The number of aromatic nitrogens is 2. The molecule has 0 saturated carbocycles. The molecule has 0 amide bonds. The average Bonchev–Trinajstić information content (AvgIpc) is 2.82. The lowest BCUT2D eigenvalue weighted by molar-refractivity contribution is -0.696. The van der Waals surface area contributed by atoms with Gasteiger partial charge in [0.1, 0.15) is 25.5 Å². The van der Waals surface area contributed by atoms with Crippen LogP contribution in [0.15, 0.2) is 30.9 Å². The molecule has 0 aliphatic heterocycles. The number of carbonyl (C=O) groups is 1. The molecule has 4 nitrogen and oxygen atoms in total. The summed E-state index contributed by atoms with van der Waals surface area (Å²) in [6.45, 7) is 9.54. The fourth-order valence-electron chi connectivity index (χ4n) is 1.79. The van der Waals surface area contributed by atoms with E-state index in [-0.39, 0.29) is 5.97 Å². The first-order valence-corrected chi connectivity index (χ1v) is 7.01. The third kappa shape index (κ3) is 6.22. The van der Waals surface area contributed by atoms with E-state index >= 15 is 0 Å². The molecule has 0 aromatic carbocycles. The Kier molecular flexibility index (Phi) is 6.93. The molecule has 0 spiro atoms. The molecule has 1 aromatic rings. The average molecular weight is 265 g/mol. The smallest absolute Gasteiger partial charge is 0.333 e. The van der Waals surface area contributed by atoms with Crippen molar-refractivity contribution in [2.75, 3.05) is 6.61 Å². The van der Waals surface area contributed by atoms with E-state index in [1.165, 1.54) is 25.7 Å². The molecule has 0 saturated heterocycles. The Morgan fingerprint density at radius 1 is 1.37 bits per heavy atom. The van der Waals surface area contributed by atoms with E-state index in [0.717, 1.165) is 6.54 Å². The van der Waals surface area contributed by atoms with Crippen LogP contribution < -0.4 is 4.57 Å². The standard InChI is InChI=1S/C15H25N2O2/c1-4-5-6-7-8-16-9-10-17(13-16)11-12-19-15(18)14(2)3/h9-10,13H,2,4-8,11-12H2,1,3H3/q+1. The summed E-state index contributed by atoms with van der Waals surface area (Å²) >= 11 is 0. The van der Waals surface area contributed by atoms with E-state index in [9.17, 15) is 4.79 Å². The number of imidazole rings is 1. The quantitative estimate of drug-likeness (QED) is 0.297. The number of hydrogen-bond acceptors (Lipinski definition) is 2. The van der Waals surface area contributed by atoms with Gasteiger partial charge in [-0.3, -0.25) is 0 Å². The van der Waals surface area contributed by atoms with Crippen molar-refractivity contribution < 1.29 is 14.1 Å². The van der Waals surface area contributed by atoms with E-state index < -0.39 is 0 Å². The lowest BCUT2D eigenvalue weighted by atomic mass is 10.2. The molecule has 0 bridgehead atoms. The summed E-state index contributed by atoms with van der Waals surface area (Å²) in [7, 11) is 0. The van der Waals surface area contributed by atoms with Crippen molar-refractivity contribution >= 4 is 5.97 Å². The maximum absolute atomic E-state index is 11.2. The predicted octanol–water partition coefficient (Wildman–Crippen LogP) is 2.48. The number of ether oxygens (including phenoxy) is 1. The molecule has 1 heterocycles. The Bertz CT molecular complexity index is 410. The molecular formula is C15H25N2O2+. The van der Waals surface area contributed by atoms with Crippen LogP contribution in [0.5, 0.6) is 0 Å². The summed E-state index contributed by atoms with van der Waals surface area (Å²) in [5.41, 5.74) is 0.443. The first kappa shape index (κ1) is 15.5. The first-order chi connectivity index (χ1) is 9.13. The third-order valence-electron chi connectivity index (χ3n) is 2.95. The van der Waals surface area contributed by atoms with Crippen molar-refractivity contribution in [3.8, 4) is 0 Å². The van der Waals surface area contributed by atoms with Gasteiger partial charge in [0.05, 0.1) is 6.54 Å². The van der Waals surface area contributed by atoms with Crippen LogP contribution in [0.1, 0.15) is 39.5 Å². The lowest BCUT2D eigenvalue weighted by Crippen LogP contribution is -2.31. The second kappa shape index (κ2) is 8.51. The zero-order valence-electron chi connectivity index (χ0n) is 12.1. The largest absolute Gasteiger partial charge is 0.458 e. The number of hydrogen-bond donors (Lipinski definition) is 0. The Balaban J connectivity index is 2.23. The van der Waals surface area contributed by atoms with Crippen LogP contribution in [0.2, 0.25) is 0 Å². The van der Waals surface area contributed by atoms with Gasteiger partial charge in [-0.25, -0.2) is 13.9 Å². The molecule has 106 valence electrons. The van der Waals surface area contributed by atoms with Crippen molar-refractivity contribution in [2.45, 2.75) is 52.6 Å². The molecule has 0 N–H and O–H groups in total. The molecule has 0 fully saturated rings. The van der Waals surface area contributed by atoms with Crippen LogP contribution in [0.3, 0.4) is 0 Å². The Hall–Kier alpha value is -1.58. The normalized spacial score (nSPS) is 10.4. The monoisotopic (exact) mass is 265 g/mol. The number of nitrogens with zero attached hydrogens (tertiary/aromatic N) is 2. The van der Waals surface area contributed by atoms with Gasteiger partial charge in [-0.15, -0.1) is 0 Å². The first-order valence-electron chi connectivity index (χ1n) is 7.01. The number of esters is 1. The molecule has 0 unspecified atom stereocenters. The Morgan fingerprint density at radius 2 is 2.16 bits per heavy atom. The molecule has 4 heteroatoms. The van der Waals surface area contributed by atoms with Crippen molar-refractivity contribution in [1.82, 2.24) is 4.57 Å². The molecule has 1 rings (SSSR count). The minimum absolute atomic E-state index is 0.320. The van der Waals surface area contributed by atoms with Gasteiger partial charge in [-0.1, -0.05) is 26.3 Å². The second-order valence-corrected chi connectivity index (χ2v) is 4.87. The van der Waals surface area contributed by atoms with Gasteiger partial charge in [0.15, 0.2) is 0 Å². The highest BCUT2D eigenvalue weighted by Crippen LogP contribution is 1.98. The molecule has 0 aliphatic rings. The Labute approximate surface area is 115 Å². The van der Waals surface area contributed by atoms with E-state index in [2.05, 4.69) is 30.6 Å². The number of aryl methyl sites for hydroxylation is 1.